The number of hydrogen-bond acceptors (Lipinski definition) is 5. The van der Waals surface area contributed by atoms with Crippen LogP contribution in [0.15, 0.2) is 24.4 Å². The number of nitrogens with zero attached hydrogens (tertiary/aromatic N) is 3. The van der Waals surface area contributed by atoms with E-state index in [-0.39, 0.29) is 23.3 Å². The molecule has 0 fully saturated rings. The number of likely N-dealkylation sites (N-methyl/N-ethyl adjacent to an activating group) is 1. The van der Waals surface area contributed by atoms with Crippen LogP contribution in [0.5, 0.6) is 0 Å². The second kappa shape index (κ2) is 8.51. The molecule has 26 heavy (non-hydrogen) atoms. The maximum absolute atomic E-state index is 12.3. The Morgan fingerprint density at radius 2 is 2.31 bits per heavy atom. The summed E-state index contributed by atoms with van der Waals surface area (Å²) in [6.45, 7) is 3.51. The molecular formula is C18H25ClN6O. The number of amides is 1. The van der Waals surface area contributed by atoms with Crippen LogP contribution in [0.2, 0.25) is 5.28 Å². The van der Waals surface area contributed by atoms with E-state index in [0.29, 0.717) is 24.4 Å². The van der Waals surface area contributed by atoms with E-state index in [4.69, 9.17) is 11.6 Å². The minimum atomic E-state index is 0.0620. The van der Waals surface area contributed by atoms with Crippen molar-refractivity contribution in [2.24, 2.45) is 0 Å². The number of hydrogen-bond donors (Lipinski definition) is 3. The number of nitrogens with one attached hydrogen (secondary N) is 3. The summed E-state index contributed by atoms with van der Waals surface area (Å²) in [6.07, 6.45) is 8.37. The number of aromatic amines is 1. The van der Waals surface area contributed by atoms with Gasteiger partial charge >= 0.3 is 0 Å². The molecule has 8 heteroatoms. The minimum absolute atomic E-state index is 0.0620. The molecule has 3 rings (SSSR count). The SMILES string of the molecule is CCC(CNC(=O)CC1CC=CCN1C)Nc1nc(Cl)nc2[nH]ccc12. The van der Waals surface area contributed by atoms with Gasteiger partial charge in [0, 0.05) is 37.8 Å². The molecule has 140 valence electrons. The Balaban J connectivity index is 1.56. The van der Waals surface area contributed by atoms with Crippen LogP contribution < -0.4 is 10.6 Å². The summed E-state index contributed by atoms with van der Waals surface area (Å²) in [6, 6.07) is 2.24. The summed E-state index contributed by atoms with van der Waals surface area (Å²) in [7, 11) is 2.05. The van der Waals surface area contributed by atoms with Gasteiger partial charge in [-0.05, 0) is 37.6 Å². The molecule has 2 aromatic heterocycles. The highest BCUT2D eigenvalue weighted by atomic mass is 35.5. The van der Waals surface area contributed by atoms with Crippen LogP contribution in [0.1, 0.15) is 26.2 Å². The van der Waals surface area contributed by atoms with E-state index in [1.807, 2.05) is 6.07 Å². The Bertz CT molecular complexity index is 789. The van der Waals surface area contributed by atoms with Crippen molar-refractivity contribution in [1.82, 2.24) is 25.2 Å². The van der Waals surface area contributed by atoms with Crippen molar-refractivity contribution in [2.75, 3.05) is 25.5 Å². The monoisotopic (exact) mass is 376 g/mol. The van der Waals surface area contributed by atoms with Crippen molar-refractivity contribution >= 4 is 34.4 Å². The summed E-state index contributed by atoms with van der Waals surface area (Å²) in [4.78, 5) is 26.0. The minimum Gasteiger partial charge on any atom is -0.365 e. The number of anilines is 1. The van der Waals surface area contributed by atoms with E-state index < -0.39 is 0 Å². The summed E-state index contributed by atoms with van der Waals surface area (Å²) >= 11 is 5.99. The molecule has 0 aromatic carbocycles. The highest BCUT2D eigenvalue weighted by molar-refractivity contribution is 6.28. The van der Waals surface area contributed by atoms with E-state index in [1.54, 1.807) is 6.20 Å². The third-order valence-electron chi connectivity index (χ3n) is 4.78. The molecule has 2 atom stereocenters. The Labute approximate surface area is 158 Å². The first-order chi connectivity index (χ1) is 12.6. The smallest absolute Gasteiger partial charge is 0.226 e. The first-order valence-electron chi connectivity index (χ1n) is 8.96. The molecule has 1 aliphatic rings. The normalized spacial score (nSPS) is 18.8. The lowest BCUT2D eigenvalue weighted by atomic mass is 10.0. The lowest BCUT2D eigenvalue weighted by Crippen LogP contribution is -2.41. The van der Waals surface area contributed by atoms with Gasteiger partial charge in [0.2, 0.25) is 11.2 Å². The Hall–Kier alpha value is -2.12. The standard InChI is InChI=1S/C18H25ClN6O/c1-3-12(11-21-15(26)10-13-6-4-5-9-25(13)2)22-17-14-7-8-20-16(14)23-18(19)24-17/h4-5,7-8,12-13H,3,6,9-11H2,1-2H3,(H,21,26)(H2,20,22,23,24). The van der Waals surface area contributed by atoms with Crippen molar-refractivity contribution < 1.29 is 4.79 Å². The molecule has 3 heterocycles. The van der Waals surface area contributed by atoms with Crippen LogP contribution in [0, 0.1) is 0 Å². The number of carbonyl (C=O) groups excluding carboxylic acids is 1. The Morgan fingerprint density at radius 3 is 3.08 bits per heavy atom. The molecule has 1 amide bonds. The van der Waals surface area contributed by atoms with Gasteiger partial charge in [0.05, 0.1) is 5.39 Å². The molecular weight excluding hydrogens is 352 g/mol. The zero-order valence-electron chi connectivity index (χ0n) is 15.1. The predicted molar refractivity (Wildman–Crippen MR) is 104 cm³/mol. The molecule has 0 spiro atoms. The van der Waals surface area contributed by atoms with Crippen molar-refractivity contribution in [3.63, 3.8) is 0 Å². The van der Waals surface area contributed by atoms with E-state index in [1.165, 1.54) is 0 Å². The number of fused-ring (bicyclic) bond motifs is 1. The van der Waals surface area contributed by atoms with Crippen LogP contribution in [0.25, 0.3) is 11.0 Å². The van der Waals surface area contributed by atoms with Crippen molar-refractivity contribution in [2.45, 2.75) is 38.3 Å². The Morgan fingerprint density at radius 1 is 1.46 bits per heavy atom. The largest absolute Gasteiger partial charge is 0.365 e. The fraction of sp³-hybridized carbons (Fsp3) is 0.500. The van der Waals surface area contributed by atoms with E-state index in [0.717, 1.165) is 24.8 Å². The number of H-pyrrole nitrogens is 1. The van der Waals surface area contributed by atoms with Crippen molar-refractivity contribution in [1.29, 1.82) is 0 Å². The van der Waals surface area contributed by atoms with Gasteiger partial charge in [0.25, 0.3) is 0 Å². The Kier molecular flexibility index (Phi) is 6.11. The van der Waals surface area contributed by atoms with Gasteiger partial charge in [-0.2, -0.15) is 4.98 Å². The summed E-state index contributed by atoms with van der Waals surface area (Å²) in [5.74, 6) is 0.754. The van der Waals surface area contributed by atoms with Crippen LogP contribution in [-0.4, -0.2) is 58.0 Å². The maximum Gasteiger partial charge on any atom is 0.226 e. The zero-order chi connectivity index (χ0) is 18.5. The lowest BCUT2D eigenvalue weighted by molar-refractivity contribution is -0.122. The summed E-state index contributed by atoms with van der Waals surface area (Å²) in [5.41, 5.74) is 0.694. The fourth-order valence-electron chi connectivity index (χ4n) is 3.10. The third-order valence-corrected chi connectivity index (χ3v) is 4.95. The van der Waals surface area contributed by atoms with E-state index in [9.17, 15) is 4.79 Å². The second-order valence-electron chi connectivity index (χ2n) is 6.64. The van der Waals surface area contributed by atoms with Gasteiger partial charge in [-0.1, -0.05) is 19.1 Å². The lowest BCUT2D eigenvalue weighted by Gasteiger charge is -2.29. The van der Waals surface area contributed by atoms with Gasteiger partial charge in [-0.25, -0.2) is 4.98 Å². The molecule has 0 saturated heterocycles. The van der Waals surface area contributed by atoms with Gasteiger partial charge in [-0.3, -0.25) is 9.69 Å². The number of halogens is 1. The topological polar surface area (TPSA) is 85.9 Å². The average molecular weight is 377 g/mol. The molecule has 2 unspecified atom stereocenters. The second-order valence-corrected chi connectivity index (χ2v) is 6.98. The number of rotatable bonds is 7. The van der Waals surface area contributed by atoms with Gasteiger partial charge in [-0.15, -0.1) is 0 Å². The fourth-order valence-corrected chi connectivity index (χ4v) is 3.27. The first kappa shape index (κ1) is 18.7. The van der Waals surface area contributed by atoms with Crippen molar-refractivity contribution in [3.05, 3.63) is 29.7 Å². The van der Waals surface area contributed by atoms with Gasteiger partial charge < -0.3 is 15.6 Å². The van der Waals surface area contributed by atoms with Gasteiger partial charge in [0.15, 0.2) is 0 Å². The van der Waals surface area contributed by atoms with E-state index in [2.05, 4.69) is 56.6 Å². The van der Waals surface area contributed by atoms with Crippen molar-refractivity contribution in [3.8, 4) is 0 Å². The summed E-state index contributed by atoms with van der Waals surface area (Å²) < 4.78 is 0. The quantitative estimate of drug-likeness (QED) is 0.510. The number of carbonyl (C=O) groups is 1. The van der Waals surface area contributed by atoms with Crippen LogP contribution in [-0.2, 0) is 4.79 Å². The zero-order valence-corrected chi connectivity index (χ0v) is 15.9. The average Bonchev–Trinajstić information content (AvgIpc) is 3.09. The highest BCUT2D eigenvalue weighted by Crippen LogP contribution is 2.22. The summed E-state index contributed by atoms with van der Waals surface area (Å²) in [5, 5.41) is 7.49. The molecule has 3 N–H and O–H groups in total. The van der Waals surface area contributed by atoms with Gasteiger partial charge in [0.1, 0.15) is 11.5 Å². The molecule has 0 saturated carbocycles. The highest BCUT2D eigenvalue weighted by Gasteiger charge is 2.20. The van der Waals surface area contributed by atoms with Crippen LogP contribution in [0.3, 0.4) is 0 Å². The van der Waals surface area contributed by atoms with Crippen LogP contribution >= 0.6 is 11.6 Å². The first-order valence-corrected chi connectivity index (χ1v) is 9.33. The molecule has 0 bridgehead atoms. The molecule has 1 aliphatic heterocycles. The van der Waals surface area contributed by atoms with Crippen LogP contribution in [0.4, 0.5) is 5.82 Å². The maximum atomic E-state index is 12.3. The molecule has 0 radical (unpaired) electrons. The molecule has 0 aliphatic carbocycles. The van der Waals surface area contributed by atoms with E-state index >= 15 is 0 Å². The predicted octanol–water partition coefficient (Wildman–Crippen LogP) is 2.57. The number of aromatic nitrogens is 3. The molecule has 7 nitrogen and oxygen atoms in total. The molecule has 2 aromatic rings. The third kappa shape index (κ3) is 4.53.